The van der Waals surface area contributed by atoms with Crippen molar-refractivity contribution in [3.8, 4) is 0 Å². The predicted octanol–water partition coefficient (Wildman–Crippen LogP) is 7.09. The van der Waals surface area contributed by atoms with E-state index in [9.17, 15) is 15.0 Å². The predicted molar refractivity (Wildman–Crippen MR) is 133 cm³/mol. The summed E-state index contributed by atoms with van der Waals surface area (Å²) in [5, 5.41) is 21.1. The highest BCUT2D eigenvalue weighted by Crippen LogP contribution is 2.78. The van der Waals surface area contributed by atoms with Gasteiger partial charge in [0.15, 0.2) is 0 Å². The monoisotopic (exact) mass is 456 g/mol. The molecule has 0 aliphatic heterocycles. The van der Waals surface area contributed by atoms with Gasteiger partial charge in [-0.3, -0.25) is 4.79 Å². The topological polar surface area (TPSA) is 57.5 Å². The number of hydrogen-bond acceptors (Lipinski definition) is 2. The van der Waals surface area contributed by atoms with E-state index in [4.69, 9.17) is 0 Å². The maximum atomic E-state index is 12.5. The number of carboxylic acid groups (broad SMARTS) is 1. The average Bonchev–Trinajstić information content (AvgIpc) is 3.09. The van der Waals surface area contributed by atoms with Crippen LogP contribution in [0, 0.1) is 56.7 Å². The van der Waals surface area contributed by atoms with Gasteiger partial charge in [0.1, 0.15) is 0 Å². The van der Waals surface area contributed by atoms with Gasteiger partial charge in [0.2, 0.25) is 0 Å². The van der Waals surface area contributed by atoms with Crippen molar-refractivity contribution in [1.29, 1.82) is 0 Å². The van der Waals surface area contributed by atoms with Gasteiger partial charge in [-0.2, -0.15) is 0 Å². The minimum Gasteiger partial charge on any atom is -0.481 e. The Labute approximate surface area is 201 Å². The molecular formula is C30H48O3. The summed E-state index contributed by atoms with van der Waals surface area (Å²) in [6, 6.07) is 0. The fourth-order valence-corrected chi connectivity index (χ4v) is 11.7. The van der Waals surface area contributed by atoms with Crippen LogP contribution >= 0.6 is 0 Å². The number of aliphatic hydroxyl groups is 1. The molecular weight excluding hydrogens is 408 g/mol. The van der Waals surface area contributed by atoms with Crippen LogP contribution in [-0.4, -0.2) is 22.3 Å². The van der Waals surface area contributed by atoms with E-state index in [1.165, 1.54) is 44.1 Å². The van der Waals surface area contributed by atoms with Gasteiger partial charge in [0.05, 0.1) is 11.5 Å². The van der Waals surface area contributed by atoms with Crippen molar-refractivity contribution >= 4 is 5.97 Å². The summed E-state index contributed by atoms with van der Waals surface area (Å²) >= 11 is 0. The van der Waals surface area contributed by atoms with Crippen LogP contribution in [0.1, 0.15) is 106 Å². The number of carboxylic acids is 1. The van der Waals surface area contributed by atoms with Crippen molar-refractivity contribution in [2.45, 2.75) is 112 Å². The summed E-state index contributed by atoms with van der Waals surface area (Å²) in [4.78, 5) is 12.5. The highest BCUT2D eigenvalue weighted by molar-refractivity contribution is 5.76. The molecule has 0 aromatic heterocycles. The van der Waals surface area contributed by atoms with Crippen molar-refractivity contribution in [2.24, 2.45) is 56.7 Å². The molecule has 33 heavy (non-hydrogen) atoms. The summed E-state index contributed by atoms with van der Waals surface area (Å²) in [5.41, 5.74) is 1.36. The molecule has 0 unspecified atom stereocenters. The Balaban J connectivity index is 1.53. The molecule has 2 N–H and O–H groups in total. The maximum Gasteiger partial charge on any atom is 0.312 e. The van der Waals surface area contributed by atoms with Crippen LogP contribution in [0.25, 0.3) is 0 Å². The van der Waals surface area contributed by atoms with E-state index in [0.717, 1.165) is 31.1 Å². The lowest BCUT2D eigenvalue weighted by Crippen LogP contribution is -2.68. The fraction of sp³-hybridized carbons (Fsp3) is 0.900. The molecule has 5 fully saturated rings. The number of fused-ring (bicyclic) bond motifs is 7. The minimum absolute atomic E-state index is 0.00101. The van der Waals surface area contributed by atoms with Crippen LogP contribution in [0.3, 0.4) is 0 Å². The zero-order chi connectivity index (χ0) is 24.2. The Kier molecular flexibility index (Phi) is 5.15. The molecule has 11 atom stereocenters. The molecule has 0 amide bonds. The van der Waals surface area contributed by atoms with Crippen LogP contribution < -0.4 is 0 Å². The number of aliphatic hydroxyl groups excluding tert-OH is 1. The third kappa shape index (κ3) is 2.70. The quantitative estimate of drug-likeness (QED) is 0.436. The van der Waals surface area contributed by atoms with Gasteiger partial charge in [-0.05, 0) is 129 Å². The third-order valence-corrected chi connectivity index (χ3v) is 13.7. The highest BCUT2D eigenvalue weighted by Gasteiger charge is 2.72. The molecule has 186 valence electrons. The molecule has 0 heterocycles. The Hall–Kier alpha value is -0.830. The molecule has 3 nitrogen and oxygen atoms in total. The van der Waals surface area contributed by atoms with Crippen LogP contribution in [-0.2, 0) is 4.79 Å². The Morgan fingerprint density at radius 1 is 0.758 bits per heavy atom. The normalized spacial score (nSPS) is 57.9. The van der Waals surface area contributed by atoms with Gasteiger partial charge in [0, 0.05) is 0 Å². The lowest BCUT2D eigenvalue weighted by Gasteiger charge is -2.73. The molecule has 5 saturated carbocycles. The van der Waals surface area contributed by atoms with Gasteiger partial charge in [-0.1, -0.05) is 39.8 Å². The number of rotatable bonds is 2. The fourth-order valence-electron chi connectivity index (χ4n) is 11.7. The SMILES string of the molecule is C=C(C)[C@H]1CC[C@]2(C)[C@H]3CC[C@@H]4[C@@]5(C)CC[C@H](O)[C@@](C)(C(=O)O)[C@H]5CC[C@@]4(C)[C@]3(C)CC[C@@H]12. The molecule has 0 bridgehead atoms. The lowest BCUT2D eigenvalue weighted by molar-refractivity contribution is -0.253. The zero-order valence-electron chi connectivity index (χ0n) is 22.0. The smallest absolute Gasteiger partial charge is 0.312 e. The zero-order valence-corrected chi connectivity index (χ0v) is 22.0. The average molecular weight is 457 g/mol. The summed E-state index contributed by atoms with van der Waals surface area (Å²) in [6.07, 6.45) is 10.8. The lowest BCUT2D eigenvalue weighted by atomic mass is 9.31. The molecule has 0 saturated heterocycles. The first-order valence-corrected chi connectivity index (χ1v) is 13.8. The van der Waals surface area contributed by atoms with Crippen molar-refractivity contribution in [1.82, 2.24) is 0 Å². The molecule has 0 spiro atoms. The first kappa shape index (κ1) is 23.9. The number of hydrogen-bond donors (Lipinski definition) is 2. The van der Waals surface area contributed by atoms with Crippen LogP contribution in [0.4, 0.5) is 0 Å². The second kappa shape index (κ2) is 7.11. The molecule has 5 aliphatic rings. The number of allylic oxidation sites excluding steroid dienone is 1. The summed E-state index contributed by atoms with van der Waals surface area (Å²) in [7, 11) is 0. The summed E-state index contributed by atoms with van der Waals surface area (Å²) < 4.78 is 0. The molecule has 5 aliphatic carbocycles. The molecule has 0 radical (unpaired) electrons. The molecule has 5 rings (SSSR count). The van der Waals surface area contributed by atoms with E-state index in [-0.39, 0.29) is 16.7 Å². The summed E-state index contributed by atoms with van der Waals surface area (Å²) in [5.74, 6) is 2.08. The largest absolute Gasteiger partial charge is 0.481 e. The van der Waals surface area contributed by atoms with Crippen molar-refractivity contribution in [3.05, 3.63) is 12.2 Å². The number of carbonyl (C=O) groups is 1. The van der Waals surface area contributed by atoms with E-state index < -0.39 is 17.5 Å². The second-order valence-corrected chi connectivity index (χ2v) is 14.4. The Morgan fingerprint density at radius 2 is 1.30 bits per heavy atom. The van der Waals surface area contributed by atoms with Crippen LogP contribution in [0.5, 0.6) is 0 Å². The van der Waals surface area contributed by atoms with Crippen molar-refractivity contribution < 1.29 is 15.0 Å². The second-order valence-electron chi connectivity index (χ2n) is 14.4. The van der Waals surface area contributed by atoms with E-state index in [1.54, 1.807) is 0 Å². The summed E-state index contributed by atoms with van der Waals surface area (Å²) in [6.45, 7) is 18.8. The highest BCUT2D eigenvalue weighted by atomic mass is 16.4. The Morgan fingerprint density at radius 3 is 1.88 bits per heavy atom. The van der Waals surface area contributed by atoms with Crippen molar-refractivity contribution in [3.63, 3.8) is 0 Å². The van der Waals surface area contributed by atoms with Gasteiger partial charge < -0.3 is 10.2 Å². The first-order valence-electron chi connectivity index (χ1n) is 13.8. The van der Waals surface area contributed by atoms with Crippen molar-refractivity contribution in [2.75, 3.05) is 0 Å². The van der Waals surface area contributed by atoms with Gasteiger partial charge >= 0.3 is 5.97 Å². The minimum atomic E-state index is -1.02. The number of aliphatic carboxylic acids is 1. The van der Waals surface area contributed by atoms with Crippen LogP contribution in [0.2, 0.25) is 0 Å². The van der Waals surface area contributed by atoms with E-state index in [0.29, 0.717) is 29.1 Å². The molecule has 0 aromatic carbocycles. The van der Waals surface area contributed by atoms with E-state index in [1.807, 2.05) is 6.92 Å². The molecule has 3 heteroatoms. The van der Waals surface area contributed by atoms with Gasteiger partial charge in [0.25, 0.3) is 0 Å². The Bertz CT molecular complexity index is 865. The maximum absolute atomic E-state index is 12.5. The van der Waals surface area contributed by atoms with E-state index >= 15 is 0 Å². The molecule has 0 aromatic rings. The van der Waals surface area contributed by atoms with E-state index in [2.05, 4.69) is 41.2 Å². The van der Waals surface area contributed by atoms with Crippen LogP contribution in [0.15, 0.2) is 12.2 Å². The first-order chi connectivity index (χ1) is 15.3. The third-order valence-electron chi connectivity index (χ3n) is 13.7. The van der Waals surface area contributed by atoms with Gasteiger partial charge in [-0.15, -0.1) is 0 Å². The van der Waals surface area contributed by atoms with Gasteiger partial charge in [-0.25, -0.2) is 0 Å². The standard InChI is InChI=1S/C30H48O3/c1-18(2)19-10-14-26(3)20(19)11-16-28(5)21(26)8-9-22-27(4)15-13-24(31)30(7,25(32)33)23(27)12-17-29(22,28)6/h19-24,31H,1,8-17H2,2-7H3,(H,32,33)/t19-,20+,21-,22-,23+,24+,26+,27-,28-,29-,30+/m1/s1.